The van der Waals surface area contributed by atoms with Crippen LogP contribution in [-0.4, -0.2) is 126 Å². The molecule has 276 valence electrons. The largest absolute Gasteiger partial charge is 0.467 e. The first kappa shape index (κ1) is 39.4. The number of morpholine rings is 1. The fourth-order valence-corrected chi connectivity index (χ4v) is 5.80. The van der Waals surface area contributed by atoms with Crippen LogP contribution in [0.5, 0.6) is 5.75 Å². The van der Waals surface area contributed by atoms with Crippen molar-refractivity contribution in [1.82, 2.24) is 14.7 Å². The van der Waals surface area contributed by atoms with Gasteiger partial charge >= 0.3 is 12.4 Å². The molecule has 2 aliphatic rings. The normalized spacial score (nSPS) is 19.3. The number of carbonyl (C=O) groups is 1. The second kappa shape index (κ2) is 18.2. The van der Waals surface area contributed by atoms with Crippen LogP contribution in [0.1, 0.15) is 32.6 Å². The number of aryl methyl sites for hydroxylation is 1. The van der Waals surface area contributed by atoms with E-state index in [9.17, 15) is 31.1 Å². The number of nitrogens with zero attached hydrogens (tertiary/aromatic N) is 3. The second-order valence-corrected chi connectivity index (χ2v) is 12.2. The van der Waals surface area contributed by atoms with E-state index in [1.165, 1.54) is 4.90 Å². The highest BCUT2D eigenvalue weighted by molar-refractivity contribution is 5.95. The zero-order valence-corrected chi connectivity index (χ0v) is 28.4. The summed E-state index contributed by atoms with van der Waals surface area (Å²) in [6.07, 6.45) is -9.92. The number of halogens is 6. The van der Waals surface area contributed by atoms with Crippen molar-refractivity contribution in [3.8, 4) is 17.6 Å². The van der Waals surface area contributed by atoms with Gasteiger partial charge in [-0.05, 0) is 48.7 Å². The minimum absolute atomic E-state index is 0.0202. The predicted octanol–water partition coefficient (Wildman–Crippen LogP) is 4.75. The van der Waals surface area contributed by atoms with Gasteiger partial charge in [0, 0.05) is 58.5 Å². The molecule has 2 aromatic rings. The fourth-order valence-electron chi connectivity index (χ4n) is 5.80. The highest BCUT2D eigenvalue weighted by Crippen LogP contribution is 2.37. The predicted molar refractivity (Wildman–Crippen MR) is 172 cm³/mol. The standard InChI is InChI=1S/C35H43F6N3O6/c1-25-6-7-26(17-32(25)50-24-48-15-14-46-2)16-30-21-42(8-4-5-9-43-12-13-49-31(22-43)23-47-3)10-11-44(30)33(45)27-18-28(34(36,37)38)20-29(19-27)35(39,40)41/h6-7,17-20,30-31H,8-16,21-24H2,1-3H3/t30-,31+/m1/s1. The van der Waals surface area contributed by atoms with E-state index in [0.29, 0.717) is 77.0 Å². The van der Waals surface area contributed by atoms with E-state index in [0.717, 1.165) is 17.7 Å². The Labute approximate surface area is 288 Å². The fraction of sp³-hybridized carbons (Fsp3) is 0.571. The molecule has 2 fully saturated rings. The molecule has 4 rings (SSSR count). The summed E-state index contributed by atoms with van der Waals surface area (Å²) in [7, 11) is 3.17. The van der Waals surface area contributed by atoms with Crippen LogP contribution in [-0.2, 0) is 37.7 Å². The number of hydrogen-bond donors (Lipinski definition) is 0. The van der Waals surface area contributed by atoms with Gasteiger partial charge in [0.25, 0.3) is 5.91 Å². The van der Waals surface area contributed by atoms with E-state index < -0.39 is 41.0 Å². The number of methoxy groups -OCH3 is 2. The van der Waals surface area contributed by atoms with Crippen molar-refractivity contribution in [2.75, 3.05) is 93.3 Å². The molecule has 2 heterocycles. The molecule has 2 aliphatic heterocycles. The van der Waals surface area contributed by atoms with Gasteiger partial charge < -0.3 is 28.6 Å². The Hall–Kier alpha value is -3.39. The van der Waals surface area contributed by atoms with Gasteiger partial charge in [0.05, 0.1) is 56.7 Å². The summed E-state index contributed by atoms with van der Waals surface area (Å²) in [6, 6.07) is 5.87. The minimum Gasteiger partial charge on any atom is -0.467 e. The van der Waals surface area contributed by atoms with E-state index in [4.69, 9.17) is 23.7 Å². The van der Waals surface area contributed by atoms with Gasteiger partial charge in [-0.2, -0.15) is 26.3 Å². The number of hydrogen-bond acceptors (Lipinski definition) is 8. The van der Waals surface area contributed by atoms with Crippen molar-refractivity contribution in [3.63, 3.8) is 0 Å². The zero-order valence-electron chi connectivity index (χ0n) is 28.4. The van der Waals surface area contributed by atoms with Crippen LogP contribution in [0.3, 0.4) is 0 Å². The molecular formula is C35H43F6N3O6. The Morgan fingerprint density at radius 2 is 1.56 bits per heavy atom. The Balaban J connectivity index is 1.54. The second-order valence-electron chi connectivity index (χ2n) is 12.2. The maximum absolute atomic E-state index is 13.8. The van der Waals surface area contributed by atoms with E-state index in [2.05, 4.69) is 16.7 Å². The number of benzene rings is 2. The first-order valence-corrected chi connectivity index (χ1v) is 16.2. The lowest BCUT2D eigenvalue weighted by atomic mass is 9.98. The number of ether oxygens (including phenoxy) is 5. The van der Waals surface area contributed by atoms with Gasteiger partial charge in [0.15, 0.2) is 6.79 Å². The third-order valence-corrected chi connectivity index (χ3v) is 8.42. The summed E-state index contributed by atoms with van der Waals surface area (Å²) >= 11 is 0. The van der Waals surface area contributed by atoms with Crippen molar-refractivity contribution in [2.45, 2.75) is 37.8 Å². The molecule has 15 heteroatoms. The maximum atomic E-state index is 13.8. The van der Waals surface area contributed by atoms with Gasteiger partial charge in [0.2, 0.25) is 0 Å². The zero-order chi connectivity index (χ0) is 36.3. The molecule has 2 saturated heterocycles. The summed E-state index contributed by atoms with van der Waals surface area (Å²) in [5.41, 5.74) is -2.17. The number of amides is 1. The SMILES string of the molecule is COCCOCOc1cc(C[C@@H]2CN(CC#CCN3CCO[C@H](COC)C3)CCN2C(=O)c2cc(C(F)(F)F)cc(C(F)(F)F)c2)ccc1C. The topological polar surface area (TPSA) is 72.9 Å². The van der Waals surface area contributed by atoms with Crippen LogP contribution in [0.2, 0.25) is 0 Å². The lowest BCUT2D eigenvalue weighted by Crippen LogP contribution is -2.56. The Morgan fingerprint density at radius 1 is 0.880 bits per heavy atom. The van der Waals surface area contributed by atoms with Crippen LogP contribution in [0.15, 0.2) is 36.4 Å². The van der Waals surface area contributed by atoms with Crippen LogP contribution >= 0.6 is 0 Å². The molecule has 2 atom stereocenters. The van der Waals surface area contributed by atoms with E-state index >= 15 is 0 Å². The molecule has 1 amide bonds. The average molecular weight is 716 g/mol. The highest BCUT2D eigenvalue weighted by Gasteiger charge is 2.39. The maximum Gasteiger partial charge on any atom is 0.416 e. The van der Waals surface area contributed by atoms with Crippen LogP contribution in [0.25, 0.3) is 0 Å². The van der Waals surface area contributed by atoms with Crippen molar-refractivity contribution >= 4 is 5.91 Å². The number of piperazine rings is 1. The summed E-state index contributed by atoms with van der Waals surface area (Å²) in [5, 5.41) is 0. The third kappa shape index (κ3) is 11.6. The van der Waals surface area contributed by atoms with Crippen molar-refractivity contribution < 1.29 is 54.8 Å². The quantitative estimate of drug-likeness (QED) is 0.128. The number of alkyl halides is 6. The Bertz CT molecular complexity index is 1440. The van der Waals surface area contributed by atoms with E-state index in [1.807, 2.05) is 24.0 Å². The van der Waals surface area contributed by atoms with Gasteiger partial charge in [-0.1, -0.05) is 24.0 Å². The van der Waals surface area contributed by atoms with Crippen molar-refractivity contribution in [2.24, 2.45) is 0 Å². The summed E-state index contributed by atoms with van der Waals surface area (Å²) in [5.74, 6) is 5.99. The molecule has 50 heavy (non-hydrogen) atoms. The van der Waals surface area contributed by atoms with Crippen molar-refractivity contribution in [1.29, 1.82) is 0 Å². The van der Waals surface area contributed by atoms with Crippen molar-refractivity contribution in [3.05, 3.63) is 64.2 Å². The van der Waals surface area contributed by atoms with Crippen LogP contribution in [0.4, 0.5) is 26.3 Å². The molecule has 9 nitrogen and oxygen atoms in total. The lowest BCUT2D eigenvalue weighted by Gasteiger charge is -2.41. The summed E-state index contributed by atoms with van der Waals surface area (Å²) in [4.78, 5) is 19.3. The first-order valence-electron chi connectivity index (χ1n) is 16.2. The molecule has 0 bridgehead atoms. The highest BCUT2D eigenvalue weighted by atomic mass is 19.4. The summed E-state index contributed by atoms with van der Waals surface area (Å²) < 4.78 is 109. The molecule has 0 aromatic heterocycles. The summed E-state index contributed by atoms with van der Waals surface area (Å²) in [6.45, 7) is 6.66. The van der Waals surface area contributed by atoms with Crippen LogP contribution in [0, 0.1) is 18.8 Å². The van der Waals surface area contributed by atoms with E-state index in [-0.39, 0.29) is 31.9 Å². The molecular weight excluding hydrogens is 672 g/mol. The van der Waals surface area contributed by atoms with Gasteiger partial charge in [-0.3, -0.25) is 14.6 Å². The molecule has 0 N–H and O–H groups in total. The molecule has 2 aromatic carbocycles. The van der Waals surface area contributed by atoms with Crippen LogP contribution < -0.4 is 4.74 Å². The lowest BCUT2D eigenvalue weighted by molar-refractivity contribution is -0.143. The molecule has 0 unspecified atom stereocenters. The number of rotatable bonds is 13. The smallest absolute Gasteiger partial charge is 0.416 e. The van der Waals surface area contributed by atoms with Gasteiger partial charge in [-0.15, -0.1) is 0 Å². The van der Waals surface area contributed by atoms with E-state index in [1.54, 1.807) is 20.3 Å². The third-order valence-electron chi connectivity index (χ3n) is 8.42. The van der Waals surface area contributed by atoms with Gasteiger partial charge in [-0.25, -0.2) is 0 Å². The monoisotopic (exact) mass is 715 g/mol. The minimum atomic E-state index is -5.08. The molecule has 0 spiro atoms. The number of carbonyl (C=O) groups excluding carboxylic acids is 1. The molecule has 0 radical (unpaired) electrons. The Kier molecular flexibility index (Phi) is 14.3. The average Bonchev–Trinajstić information content (AvgIpc) is 3.07. The molecule has 0 aliphatic carbocycles. The first-order chi connectivity index (χ1) is 23.8. The Morgan fingerprint density at radius 3 is 2.20 bits per heavy atom. The molecule has 0 saturated carbocycles. The van der Waals surface area contributed by atoms with Gasteiger partial charge in [0.1, 0.15) is 5.75 Å².